The number of thiophene rings is 1. The maximum absolute atomic E-state index is 13.6. The van der Waals surface area contributed by atoms with E-state index in [0.29, 0.717) is 21.3 Å². The quantitative estimate of drug-likeness (QED) is 0.500. The lowest BCUT2D eigenvalue weighted by molar-refractivity contribution is -0.122. The second-order valence-electron chi connectivity index (χ2n) is 6.89. The van der Waals surface area contributed by atoms with E-state index in [2.05, 4.69) is 14.7 Å². The number of aromatic nitrogens is 3. The minimum atomic E-state index is -0.715. The molecule has 30 heavy (non-hydrogen) atoms. The van der Waals surface area contributed by atoms with Gasteiger partial charge in [0.2, 0.25) is 0 Å². The second kappa shape index (κ2) is 6.85. The number of halogens is 1. The van der Waals surface area contributed by atoms with Crippen molar-refractivity contribution in [1.82, 2.24) is 14.7 Å². The minimum Gasteiger partial charge on any atom is -0.364 e. The fraction of sp³-hybridized carbons (Fsp3) is 0.158. The van der Waals surface area contributed by atoms with E-state index in [-0.39, 0.29) is 24.0 Å². The number of anilines is 1. The van der Waals surface area contributed by atoms with Crippen molar-refractivity contribution in [2.45, 2.75) is 19.0 Å². The smallest absolute Gasteiger partial charge is 0.364 e. The van der Waals surface area contributed by atoms with Crippen LogP contribution in [-0.2, 0) is 17.8 Å². The van der Waals surface area contributed by atoms with Gasteiger partial charge in [-0.1, -0.05) is 35.0 Å². The first-order valence-electron chi connectivity index (χ1n) is 8.96. The molecule has 1 unspecified atom stereocenters. The number of nitrogens with two attached hydrogens (primary N) is 1. The second-order valence-corrected chi connectivity index (χ2v) is 8.55. The van der Waals surface area contributed by atoms with Crippen molar-refractivity contribution in [3.8, 4) is 0 Å². The molecule has 1 atom stereocenters. The number of carbonyl (C=O) groups excluding carboxylic acids is 2. The van der Waals surface area contributed by atoms with Gasteiger partial charge >= 0.3 is 5.76 Å². The number of hydrogen-bond acceptors (Lipinski definition) is 6. The predicted octanol–water partition coefficient (Wildman–Crippen LogP) is 2.46. The van der Waals surface area contributed by atoms with Crippen LogP contribution in [0, 0.1) is 0 Å². The summed E-state index contributed by atoms with van der Waals surface area (Å²) in [5.41, 5.74) is 7.46. The highest BCUT2D eigenvalue weighted by Gasteiger charge is 2.37. The summed E-state index contributed by atoms with van der Waals surface area (Å²) in [5.74, 6) is -1.37. The van der Waals surface area contributed by atoms with Gasteiger partial charge in [-0.3, -0.25) is 19.1 Å². The molecule has 0 radical (unpaired) electrons. The molecule has 1 aliphatic heterocycles. The van der Waals surface area contributed by atoms with Crippen LogP contribution in [0.25, 0.3) is 10.2 Å². The molecule has 3 N–H and O–H groups in total. The highest BCUT2D eigenvalue weighted by Crippen LogP contribution is 2.39. The molecule has 0 fully saturated rings. The van der Waals surface area contributed by atoms with E-state index >= 15 is 0 Å². The van der Waals surface area contributed by atoms with Crippen LogP contribution in [0.4, 0.5) is 5.69 Å². The fourth-order valence-corrected chi connectivity index (χ4v) is 5.13. The van der Waals surface area contributed by atoms with Gasteiger partial charge in [-0.15, -0.1) is 11.3 Å². The van der Waals surface area contributed by atoms with Gasteiger partial charge in [0.25, 0.3) is 11.8 Å². The average Bonchev–Trinajstić information content (AvgIpc) is 3.37. The van der Waals surface area contributed by atoms with Crippen LogP contribution < -0.4 is 16.4 Å². The molecule has 5 rings (SSSR count). The molecule has 0 aliphatic carbocycles. The van der Waals surface area contributed by atoms with E-state index in [1.165, 1.54) is 16.2 Å². The van der Waals surface area contributed by atoms with Crippen LogP contribution >= 0.6 is 22.9 Å². The van der Waals surface area contributed by atoms with Crippen molar-refractivity contribution in [1.29, 1.82) is 0 Å². The molecule has 0 bridgehead atoms. The summed E-state index contributed by atoms with van der Waals surface area (Å²) in [4.78, 5) is 41.7. The third kappa shape index (κ3) is 2.92. The van der Waals surface area contributed by atoms with Crippen LogP contribution in [0.3, 0.4) is 0 Å². The van der Waals surface area contributed by atoms with Crippen LogP contribution in [0.1, 0.15) is 27.9 Å². The zero-order chi connectivity index (χ0) is 21.0. The zero-order valence-corrected chi connectivity index (χ0v) is 16.9. The van der Waals surface area contributed by atoms with E-state index in [9.17, 15) is 14.4 Å². The van der Waals surface area contributed by atoms with Gasteiger partial charge in [-0.05, 0) is 23.8 Å². The molecular formula is C19H14ClN5O4S. The molecular weight excluding hydrogens is 430 g/mol. The normalized spacial score (nSPS) is 16.2. The molecule has 11 heteroatoms. The number of primary amides is 1. The van der Waals surface area contributed by atoms with Gasteiger partial charge < -0.3 is 15.2 Å². The summed E-state index contributed by atoms with van der Waals surface area (Å²) in [6, 6.07) is 10.1. The number of fused-ring (bicyclic) bond motifs is 2. The molecule has 1 aromatic carbocycles. The largest absolute Gasteiger partial charge is 0.438 e. The monoisotopic (exact) mass is 443 g/mol. The van der Waals surface area contributed by atoms with E-state index in [1.807, 2.05) is 24.3 Å². The molecule has 9 nitrogen and oxygen atoms in total. The lowest BCUT2D eigenvalue weighted by Crippen LogP contribution is -2.43. The Morgan fingerprint density at radius 1 is 1.33 bits per heavy atom. The number of hydrogen-bond donors (Lipinski definition) is 2. The van der Waals surface area contributed by atoms with Crippen LogP contribution in [0.15, 0.2) is 45.7 Å². The number of carbonyl (C=O) groups is 2. The maximum atomic E-state index is 13.6. The highest BCUT2D eigenvalue weighted by molar-refractivity contribution is 7.22. The van der Waals surface area contributed by atoms with Crippen molar-refractivity contribution in [2.75, 3.05) is 4.90 Å². The zero-order valence-electron chi connectivity index (χ0n) is 15.3. The first-order chi connectivity index (χ1) is 14.4. The van der Waals surface area contributed by atoms with Crippen molar-refractivity contribution < 1.29 is 14.1 Å². The average molecular weight is 444 g/mol. The highest BCUT2D eigenvalue weighted by atomic mass is 35.5. The number of amides is 2. The molecule has 0 saturated carbocycles. The topological polar surface area (TPSA) is 127 Å². The summed E-state index contributed by atoms with van der Waals surface area (Å²) < 4.78 is 6.77. The molecule has 4 heterocycles. The Morgan fingerprint density at radius 2 is 2.13 bits per heavy atom. The third-order valence-electron chi connectivity index (χ3n) is 5.08. The van der Waals surface area contributed by atoms with Crippen molar-refractivity contribution >= 4 is 50.7 Å². The molecule has 4 aromatic rings. The molecule has 1 aliphatic rings. The Morgan fingerprint density at radius 3 is 2.87 bits per heavy atom. The standard InChI is InChI=1S/C19H14ClN5O4S/c20-14-7-10-6-12(16(21)26)25(18(10)30-14)13-5-9-3-1-2-4-11(9)24(17(13)27)8-15-22-19(28)29-23-15/h1-4,6-7,13H,5,8H2,(H2,21,26)(H,22,23,28). The Labute approximate surface area is 177 Å². The Balaban J connectivity index is 1.66. The summed E-state index contributed by atoms with van der Waals surface area (Å²) in [7, 11) is 0. The van der Waals surface area contributed by atoms with E-state index < -0.39 is 17.7 Å². The van der Waals surface area contributed by atoms with Crippen LogP contribution in [0.5, 0.6) is 0 Å². The van der Waals surface area contributed by atoms with Crippen molar-refractivity contribution in [3.63, 3.8) is 0 Å². The SMILES string of the molecule is NC(=O)c1cc2cc(Cl)sc2n1C1Cc2ccccc2N(Cc2noc(=O)[nH]2)C1=O. The van der Waals surface area contributed by atoms with Crippen LogP contribution in [-0.4, -0.2) is 26.5 Å². The van der Waals surface area contributed by atoms with Gasteiger partial charge in [-0.2, -0.15) is 0 Å². The summed E-state index contributed by atoms with van der Waals surface area (Å²) in [6.45, 7) is 0.0135. The number of nitrogens with one attached hydrogen (secondary N) is 1. The lowest BCUT2D eigenvalue weighted by Gasteiger charge is -2.34. The lowest BCUT2D eigenvalue weighted by atomic mass is 9.96. The first-order valence-corrected chi connectivity index (χ1v) is 10.2. The molecule has 152 valence electrons. The number of aromatic amines is 1. The number of benzene rings is 1. The number of rotatable bonds is 4. The molecule has 0 saturated heterocycles. The third-order valence-corrected chi connectivity index (χ3v) is 6.36. The molecule has 0 spiro atoms. The summed E-state index contributed by atoms with van der Waals surface area (Å²) >= 11 is 7.44. The Kier molecular flexibility index (Phi) is 4.26. The van der Waals surface area contributed by atoms with Gasteiger partial charge in [0.15, 0.2) is 5.82 Å². The van der Waals surface area contributed by atoms with Gasteiger partial charge in [0, 0.05) is 17.5 Å². The maximum Gasteiger partial charge on any atom is 0.438 e. The number of para-hydroxylation sites is 1. The Hall–Kier alpha value is -3.37. The first kappa shape index (κ1) is 18.6. The van der Waals surface area contributed by atoms with Crippen molar-refractivity contribution in [2.24, 2.45) is 5.73 Å². The van der Waals surface area contributed by atoms with Gasteiger partial charge in [0.1, 0.15) is 16.6 Å². The Bertz CT molecular complexity index is 1370. The van der Waals surface area contributed by atoms with Gasteiger partial charge in [0.05, 0.1) is 10.9 Å². The number of nitrogens with zero attached hydrogens (tertiary/aromatic N) is 3. The van der Waals surface area contributed by atoms with Gasteiger partial charge in [-0.25, -0.2) is 4.79 Å². The van der Waals surface area contributed by atoms with Crippen molar-refractivity contribution in [3.05, 3.63) is 68.4 Å². The van der Waals surface area contributed by atoms with E-state index in [4.69, 9.17) is 17.3 Å². The fourth-order valence-electron chi connectivity index (χ4n) is 3.87. The predicted molar refractivity (Wildman–Crippen MR) is 111 cm³/mol. The minimum absolute atomic E-state index is 0.0135. The molecule has 2 amide bonds. The van der Waals surface area contributed by atoms with E-state index in [1.54, 1.807) is 16.7 Å². The number of H-pyrrole nitrogens is 1. The van der Waals surface area contributed by atoms with E-state index in [0.717, 1.165) is 10.9 Å². The summed E-state index contributed by atoms with van der Waals surface area (Å²) in [5, 5.41) is 4.42. The molecule has 3 aromatic heterocycles. The van der Waals surface area contributed by atoms with Crippen LogP contribution in [0.2, 0.25) is 4.34 Å². The summed E-state index contributed by atoms with van der Waals surface area (Å²) in [6.07, 6.45) is 0.375.